The maximum absolute atomic E-state index is 12.1. The average Bonchev–Trinajstić information content (AvgIpc) is 2.69. The molecule has 7 nitrogen and oxygen atoms in total. The molecule has 0 bridgehead atoms. The van der Waals surface area contributed by atoms with Crippen molar-refractivity contribution in [3.8, 4) is 17.2 Å². The number of anilines is 1. The van der Waals surface area contributed by atoms with Gasteiger partial charge in [-0.3, -0.25) is 9.69 Å². The summed E-state index contributed by atoms with van der Waals surface area (Å²) in [6.07, 6.45) is 0. The first-order valence-corrected chi connectivity index (χ1v) is 8.77. The lowest BCUT2D eigenvalue weighted by Crippen LogP contribution is -2.49. The third kappa shape index (κ3) is 3.93. The number of rotatable bonds is 6. The van der Waals surface area contributed by atoms with Gasteiger partial charge in [0.1, 0.15) is 23.3 Å². The Morgan fingerprint density at radius 2 is 1.74 bits per heavy atom. The predicted octanol–water partition coefficient (Wildman–Crippen LogP) is 2.36. The van der Waals surface area contributed by atoms with Crippen molar-refractivity contribution in [1.82, 2.24) is 4.90 Å². The summed E-state index contributed by atoms with van der Waals surface area (Å²) in [5, 5.41) is 19.9. The number of hydrogen-bond acceptors (Lipinski definition) is 6. The van der Waals surface area contributed by atoms with Crippen LogP contribution in [0.3, 0.4) is 0 Å². The van der Waals surface area contributed by atoms with E-state index in [-0.39, 0.29) is 5.75 Å². The third-order valence-electron chi connectivity index (χ3n) is 4.87. The van der Waals surface area contributed by atoms with E-state index in [2.05, 4.69) is 4.90 Å². The van der Waals surface area contributed by atoms with Crippen molar-refractivity contribution < 1.29 is 24.5 Å². The number of phenolic OH excluding ortho intramolecular Hbond substituents is 1. The molecule has 0 aliphatic carbocycles. The van der Waals surface area contributed by atoms with E-state index in [0.29, 0.717) is 43.2 Å². The molecule has 0 spiro atoms. The molecule has 7 heteroatoms. The summed E-state index contributed by atoms with van der Waals surface area (Å²) in [5.41, 5.74) is 1.34. The summed E-state index contributed by atoms with van der Waals surface area (Å²) in [6, 6.07) is 11.5. The second-order valence-corrected chi connectivity index (χ2v) is 6.36. The Labute approximate surface area is 158 Å². The van der Waals surface area contributed by atoms with Gasteiger partial charge in [0, 0.05) is 31.7 Å². The fourth-order valence-electron chi connectivity index (χ4n) is 3.49. The van der Waals surface area contributed by atoms with Crippen LogP contribution in [0.5, 0.6) is 17.2 Å². The Balaban J connectivity index is 1.82. The highest BCUT2D eigenvalue weighted by atomic mass is 16.5. The standard InChI is InChI=1S/C20H24N2O5/c1-26-14-7-8-18(27-2)15(13-14)19(20(24)25)22-11-9-21(10-12-22)16-5-3-4-6-17(16)23/h3-8,13,19,23H,9-12H2,1-2H3,(H,24,25)/t19-/m1/s1. The van der Waals surface area contributed by atoms with Crippen molar-refractivity contribution in [2.75, 3.05) is 45.3 Å². The smallest absolute Gasteiger partial charge is 0.325 e. The Morgan fingerprint density at radius 3 is 2.33 bits per heavy atom. The summed E-state index contributed by atoms with van der Waals surface area (Å²) in [4.78, 5) is 16.1. The van der Waals surface area contributed by atoms with Crippen molar-refractivity contribution in [2.45, 2.75) is 6.04 Å². The number of carboxylic acid groups (broad SMARTS) is 1. The third-order valence-corrected chi connectivity index (χ3v) is 4.87. The van der Waals surface area contributed by atoms with Crippen molar-refractivity contribution in [2.24, 2.45) is 0 Å². The second-order valence-electron chi connectivity index (χ2n) is 6.36. The minimum atomic E-state index is -0.933. The molecule has 2 aromatic carbocycles. The first kappa shape index (κ1) is 18.8. The van der Waals surface area contributed by atoms with Crippen LogP contribution in [0.15, 0.2) is 42.5 Å². The summed E-state index contributed by atoms with van der Waals surface area (Å²) in [6.45, 7) is 2.33. The number of aromatic hydroxyl groups is 1. The fraction of sp³-hybridized carbons (Fsp3) is 0.350. The zero-order chi connectivity index (χ0) is 19.4. The van der Waals surface area contributed by atoms with E-state index in [1.807, 2.05) is 17.0 Å². The monoisotopic (exact) mass is 372 g/mol. The number of aliphatic carboxylic acids is 1. The quantitative estimate of drug-likeness (QED) is 0.805. The molecule has 2 aromatic rings. The Hall–Kier alpha value is -2.93. The second kappa shape index (κ2) is 8.18. The van der Waals surface area contributed by atoms with Gasteiger partial charge in [0.2, 0.25) is 0 Å². The van der Waals surface area contributed by atoms with Crippen LogP contribution in [-0.2, 0) is 4.79 Å². The minimum absolute atomic E-state index is 0.232. The lowest BCUT2D eigenvalue weighted by atomic mass is 10.0. The van der Waals surface area contributed by atoms with Crippen molar-refractivity contribution in [1.29, 1.82) is 0 Å². The van der Waals surface area contributed by atoms with Crippen LogP contribution in [0.25, 0.3) is 0 Å². The first-order chi connectivity index (χ1) is 13.0. The molecule has 0 unspecified atom stereocenters. The van der Waals surface area contributed by atoms with Crippen LogP contribution in [0.4, 0.5) is 5.69 Å². The average molecular weight is 372 g/mol. The van der Waals surface area contributed by atoms with Crippen LogP contribution >= 0.6 is 0 Å². The molecule has 1 heterocycles. The molecule has 3 rings (SSSR count). The van der Waals surface area contributed by atoms with E-state index in [0.717, 1.165) is 5.69 Å². The highest BCUT2D eigenvalue weighted by Gasteiger charge is 2.33. The normalized spacial score (nSPS) is 16.0. The molecule has 1 aliphatic rings. The number of hydrogen-bond donors (Lipinski definition) is 2. The molecule has 1 fully saturated rings. The van der Waals surface area contributed by atoms with E-state index in [1.165, 1.54) is 7.11 Å². The van der Waals surface area contributed by atoms with E-state index >= 15 is 0 Å². The largest absolute Gasteiger partial charge is 0.506 e. The molecule has 2 N–H and O–H groups in total. The number of benzene rings is 2. The van der Waals surface area contributed by atoms with E-state index in [9.17, 15) is 15.0 Å². The number of piperazine rings is 1. The molecule has 0 aromatic heterocycles. The van der Waals surface area contributed by atoms with Crippen LogP contribution in [-0.4, -0.2) is 61.5 Å². The van der Waals surface area contributed by atoms with Crippen molar-refractivity contribution in [3.63, 3.8) is 0 Å². The fourth-order valence-corrected chi connectivity index (χ4v) is 3.49. The molecule has 1 atom stereocenters. The van der Waals surface area contributed by atoms with Gasteiger partial charge in [-0.15, -0.1) is 0 Å². The zero-order valence-corrected chi connectivity index (χ0v) is 15.5. The van der Waals surface area contributed by atoms with Gasteiger partial charge in [-0.05, 0) is 30.3 Å². The van der Waals surface area contributed by atoms with Gasteiger partial charge in [0.25, 0.3) is 0 Å². The van der Waals surface area contributed by atoms with Gasteiger partial charge in [-0.2, -0.15) is 0 Å². The predicted molar refractivity (Wildman–Crippen MR) is 102 cm³/mol. The van der Waals surface area contributed by atoms with Gasteiger partial charge in [-0.25, -0.2) is 0 Å². The van der Waals surface area contributed by atoms with Crippen molar-refractivity contribution in [3.05, 3.63) is 48.0 Å². The Morgan fingerprint density at radius 1 is 1.04 bits per heavy atom. The van der Waals surface area contributed by atoms with E-state index < -0.39 is 12.0 Å². The first-order valence-electron chi connectivity index (χ1n) is 8.77. The molecule has 1 aliphatic heterocycles. The summed E-state index contributed by atoms with van der Waals surface area (Å²) in [7, 11) is 3.08. The number of nitrogens with zero attached hydrogens (tertiary/aromatic N) is 2. The SMILES string of the molecule is COc1ccc(OC)c([C@H](C(=O)O)N2CCN(c3ccccc3O)CC2)c1. The Bertz CT molecular complexity index is 803. The molecule has 0 amide bonds. The zero-order valence-electron chi connectivity index (χ0n) is 15.5. The summed E-state index contributed by atoms with van der Waals surface area (Å²) in [5.74, 6) is 0.406. The molecular weight excluding hydrogens is 348 g/mol. The molecular formula is C20H24N2O5. The van der Waals surface area contributed by atoms with Crippen molar-refractivity contribution >= 4 is 11.7 Å². The van der Waals surface area contributed by atoms with Gasteiger partial charge < -0.3 is 24.6 Å². The van der Waals surface area contributed by atoms with Gasteiger partial charge >= 0.3 is 5.97 Å². The topological polar surface area (TPSA) is 82.5 Å². The van der Waals surface area contributed by atoms with E-state index in [4.69, 9.17) is 9.47 Å². The number of carbonyl (C=O) groups is 1. The van der Waals surface area contributed by atoms with Crippen LogP contribution in [0.2, 0.25) is 0 Å². The van der Waals surface area contributed by atoms with Crippen LogP contribution < -0.4 is 14.4 Å². The summed E-state index contributed by atoms with van der Waals surface area (Å²) >= 11 is 0. The molecule has 144 valence electrons. The highest BCUT2D eigenvalue weighted by molar-refractivity contribution is 5.77. The maximum Gasteiger partial charge on any atom is 0.325 e. The summed E-state index contributed by atoms with van der Waals surface area (Å²) < 4.78 is 10.6. The highest BCUT2D eigenvalue weighted by Crippen LogP contribution is 2.34. The molecule has 1 saturated heterocycles. The number of phenols is 1. The molecule has 0 saturated carbocycles. The van der Waals surface area contributed by atoms with Gasteiger partial charge in [0.15, 0.2) is 0 Å². The molecule has 0 radical (unpaired) electrons. The minimum Gasteiger partial charge on any atom is -0.506 e. The molecule has 27 heavy (non-hydrogen) atoms. The van der Waals surface area contributed by atoms with Gasteiger partial charge in [0.05, 0.1) is 19.9 Å². The van der Waals surface area contributed by atoms with Gasteiger partial charge in [-0.1, -0.05) is 12.1 Å². The lowest BCUT2D eigenvalue weighted by molar-refractivity contribution is -0.143. The number of ether oxygens (including phenoxy) is 2. The number of para-hydroxylation sites is 2. The number of carboxylic acids is 1. The maximum atomic E-state index is 12.1. The van der Waals surface area contributed by atoms with E-state index in [1.54, 1.807) is 37.4 Å². The van der Waals surface area contributed by atoms with Crippen LogP contribution in [0, 0.1) is 0 Å². The lowest BCUT2D eigenvalue weighted by Gasteiger charge is -2.39. The Kier molecular flexibility index (Phi) is 5.71. The number of methoxy groups -OCH3 is 2. The van der Waals surface area contributed by atoms with Crippen LogP contribution in [0.1, 0.15) is 11.6 Å².